The van der Waals surface area contributed by atoms with E-state index >= 15 is 0 Å². The maximum absolute atomic E-state index is 10.9. The summed E-state index contributed by atoms with van der Waals surface area (Å²) in [5.41, 5.74) is 1.47. The van der Waals surface area contributed by atoms with Crippen molar-refractivity contribution >= 4 is 0 Å². The first kappa shape index (κ1) is 7.67. The molecule has 0 radical (unpaired) electrons. The van der Waals surface area contributed by atoms with E-state index in [9.17, 15) is 5.21 Å². The van der Waals surface area contributed by atoms with Crippen LogP contribution in [0, 0.1) is 5.21 Å². The van der Waals surface area contributed by atoms with Crippen molar-refractivity contribution in [1.82, 2.24) is 9.97 Å². The first-order valence-electron chi connectivity index (χ1n) is 3.81. The van der Waals surface area contributed by atoms with Gasteiger partial charge >= 0.3 is 0 Å². The minimum atomic E-state index is 0.657. The zero-order chi connectivity index (χ0) is 9.10. The summed E-state index contributed by atoms with van der Waals surface area (Å²) in [6, 6.07) is 5.52. The van der Waals surface area contributed by atoms with E-state index in [-0.39, 0.29) is 0 Å². The number of nitrogens with zero attached hydrogens (tertiary/aromatic N) is 3. The van der Waals surface area contributed by atoms with Crippen LogP contribution in [-0.4, -0.2) is 9.97 Å². The molecule has 0 unspecified atom stereocenters. The van der Waals surface area contributed by atoms with Gasteiger partial charge in [0.2, 0.25) is 0 Å². The first-order chi connectivity index (χ1) is 6.36. The zero-order valence-corrected chi connectivity index (χ0v) is 6.79. The molecule has 2 aromatic heterocycles. The van der Waals surface area contributed by atoms with Crippen LogP contribution in [0.15, 0.2) is 43.1 Å². The van der Waals surface area contributed by atoms with Crippen molar-refractivity contribution < 1.29 is 4.73 Å². The molecule has 0 aliphatic rings. The molecule has 0 saturated heterocycles. The molecule has 0 aliphatic heterocycles. The van der Waals surface area contributed by atoms with Crippen LogP contribution in [-0.2, 0) is 0 Å². The Kier molecular flexibility index (Phi) is 1.88. The van der Waals surface area contributed by atoms with Crippen LogP contribution < -0.4 is 4.73 Å². The lowest BCUT2D eigenvalue weighted by molar-refractivity contribution is -0.608. The standard InChI is InChI=1S/C9H7N3O/c13-12-6-8(5-10-7-12)9-3-1-2-4-11-9/h1-7H. The van der Waals surface area contributed by atoms with E-state index in [1.165, 1.54) is 12.5 Å². The van der Waals surface area contributed by atoms with E-state index in [1.54, 1.807) is 12.4 Å². The number of rotatable bonds is 1. The van der Waals surface area contributed by atoms with Gasteiger partial charge in [0, 0.05) is 6.20 Å². The quantitative estimate of drug-likeness (QED) is 0.473. The van der Waals surface area contributed by atoms with Gasteiger partial charge in [-0.15, -0.1) is 0 Å². The average Bonchev–Trinajstić information content (AvgIpc) is 2.19. The van der Waals surface area contributed by atoms with Crippen molar-refractivity contribution in [3.05, 3.63) is 48.3 Å². The third kappa shape index (κ3) is 1.61. The largest absolute Gasteiger partial charge is 0.711 e. The Morgan fingerprint density at radius 1 is 1.31 bits per heavy atom. The molecule has 4 nitrogen and oxygen atoms in total. The summed E-state index contributed by atoms with van der Waals surface area (Å²) >= 11 is 0. The summed E-state index contributed by atoms with van der Waals surface area (Å²) in [5, 5.41) is 10.9. The number of pyridine rings is 1. The third-order valence-corrected chi connectivity index (χ3v) is 1.62. The van der Waals surface area contributed by atoms with Crippen LogP contribution in [0.1, 0.15) is 0 Å². The molecule has 0 atom stereocenters. The second-order valence-electron chi connectivity index (χ2n) is 2.55. The van der Waals surface area contributed by atoms with E-state index < -0.39 is 0 Å². The molecule has 0 spiro atoms. The van der Waals surface area contributed by atoms with E-state index in [0.717, 1.165) is 11.3 Å². The summed E-state index contributed by atoms with van der Waals surface area (Å²) in [6.45, 7) is 0. The highest BCUT2D eigenvalue weighted by molar-refractivity contribution is 5.54. The summed E-state index contributed by atoms with van der Waals surface area (Å²) in [7, 11) is 0. The summed E-state index contributed by atoms with van der Waals surface area (Å²) in [5.74, 6) is 0. The predicted octanol–water partition coefficient (Wildman–Crippen LogP) is 0.777. The molecule has 0 amide bonds. The lowest BCUT2D eigenvalue weighted by atomic mass is 10.2. The van der Waals surface area contributed by atoms with Gasteiger partial charge in [0.15, 0.2) is 6.20 Å². The van der Waals surface area contributed by atoms with Crippen molar-refractivity contribution in [3.8, 4) is 11.3 Å². The molecular weight excluding hydrogens is 166 g/mol. The van der Waals surface area contributed by atoms with E-state index in [4.69, 9.17) is 0 Å². The van der Waals surface area contributed by atoms with Crippen molar-refractivity contribution in [2.45, 2.75) is 0 Å². The molecule has 0 N–H and O–H groups in total. The van der Waals surface area contributed by atoms with Crippen LogP contribution in [0.3, 0.4) is 0 Å². The fourth-order valence-corrected chi connectivity index (χ4v) is 1.05. The predicted molar refractivity (Wildman–Crippen MR) is 46.4 cm³/mol. The van der Waals surface area contributed by atoms with Gasteiger partial charge in [-0.1, -0.05) is 11.1 Å². The normalized spacial score (nSPS) is 9.85. The molecule has 0 bridgehead atoms. The Morgan fingerprint density at radius 2 is 2.23 bits per heavy atom. The Morgan fingerprint density at radius 3 is 2.92 bits per heavy atom. The van der Waals surface area contributed by atoms with Crippen molar-refractivity contribution in [1.29, 1.82) is 0 Å². The fraction of sp³-hybridized carbons (Fsp3) is 0. The van der Waals surface area contributed by atoms with Crippen molar-refractivity contribution in [3.63, 3.8) is 0 Å². The maximum Gasteiger partial charge on any atom is 0.289 e. The highest BCUT2D eigenvalue weighted by atomic mass is 16.5. The van der Waals surface area contributed by atoms with Crippen LogP contribution >= 0.6 is 0 Å². The summed E-state index contributed by atoms with van der Waals surface area (Å²) < 4.78 is 0.657. The Hall–Kier alpha value is -1.97. The SMILES string of the molecule is [O-][n+]1cncc(-c2ccccn2)c1. The zero-order valence-electron chi connectivity index (χ0n) is 6.79. The highest BCUT2D eigenvalue weighted by Crippen LogP contribution is 2.11. The van der Waals surface area contributed by atoms with Gasteiger partial charge in [-0.3, -0.25) is 4.98 Å². The maximum atomic E-state index is 10.9. The van der Waals surface area contributed by atoms with Gasteiger partial charge in [-0.05, 0) is 12.1 Å². The van der Waals surface area contributed by atoms with Crippen molar-refractivity contribution in [2.24, 2.45) is 0 Å². The Labute approximate surface area is 75.1 Å². The van der Waals surface area contributed by atoms with Crippen molar-refractivity contribution in [2.75, 3.05) is 0 Å². The average molecular weight is 173 g/mol. The molecule has 0 aromatic carbocycles. The monoisotopic (exact) mass is 173 g/mol. The molecule has 0 fully saturated rings. The minimum Gasteiger partial charge on any atom is -0.711 e. The second kappa shape index (κ2) is 3.18. The molecule has 0 aliphatic carbocycles. The Bertz CT molecular complexity index is 403. The minimum absolute atomic E-state index is 0.657. The smallest absolute Gasteiger partial charge is 0.289 e. The molecule has 64 valence electrons. The third-order valence-electron chi connectivity index (χ3n) is 1.62. The van der Waals surface area contributed by atoms with E-state index in [1.807, 2.05) is 18.2 Å². The van der Waals surface area contributed by atoms with E-state index in [0.29, 0.717) is 4.73 Å². The lowest BCUT2D eigenvalue weighted by Crippen LogP contribution is -2.25. The van der Waals surface area contributed by atoms with Crippen LogP contribution in [0.5, 0.6) is 0 Å². The molecular formula is C9H7N3O. The molecule has 4 heteroatoms. The van der Waals surface area contributed by atoms with Gasteiger partial charge < -0.3 is 5.21 Å². The molecule has 2 rings (SSSR count). The first-order valence-corrected chi connectivity index (χ1v) is 3.81. The van der Waals surface area contributed by atoms with Crippen LogP contribution in [0.4, 0.5) is 0 Å². The van der Waals surface area contributed by atoms with Crippen LogP contribution in [0.25, 0.3) is 11.3 Å². The van der Waals surface area contributed by atoms with Gasteiger partial charge in [0.05, 0.1) is 11.3 Å². The molecule has 13 heavy (non-hydrogen) atoms. The summed E-state index contributed by atoms with van der Waals surface area (Å²) in [6.07, 6.45) is 5.93. The molecule has 0 saturated carbocycles. The number of aromatic nitrogens is 3. The topological polar surface area (TPSA) is 52.7 Å². The molecule has 2 aromatic rings. The van der Waals surface area contributed by atoms with Gasteiger partial charge in [0.25, 0.3) is 6.33 Å². The fourth-order valence-electron chi connectivity index (χ4n) is 1.05. The van der Waals surface area contributed by atoms with Gasteiger partial charge in [-0.25, -0.2) is 4.73 Å². The number of hydrogen-bond acceptors (Lipinski definition) is 3. The highest BCUT2D eigenvalue weighted by Gasteiger charge is 2.01. The van der Waals surface area contributed by atoms with E-state index in [2.05, 4.69) is 9.97 Å². The van der Waals surface area contributed by atoms with Gasteiger partial charge in [-0.2, -0.15) is 0 Å². The second-order valence-corrected chi connectivity index (χ2v) is 2.55. The molecule has 2 heterocycles. The Balaban J connectivity index is 2.48. The lowest BCUT2D eigenvalue weighted by Gasteiger charge is -2.00. The van der Waals surface area contributed by atoms with Gasteiger partial charge in [0.1, 0.15) is 6.20 Å². The van der Waals surface area contributed by atoms with Crippen LogP contribution in [0.2, 0.25) is 0 Å². The number of hydrogen-bond donors (Lipinski definition) is 0. The summed E-state index contributed by atoms with van der Waals surface area (Å²) in [4.78, 5) is 7.87.